The minimum Gasteiger partial charge on any atom is -0.494 e. The highest BCUT2D eigenvalue weighted by Gasteiger charge is 2.32. The fourth-order valence-corrected chi connectivity index (χ4v) is 6.70. The molecule has 47 heavy (non-hydrogen) atoms. The Morgan fingerprint density at radius 1 is 1.00 bits per heavy atom. The van der Waals surface area contributed by atoms with Gasteiger partial charge >= 0.3 is 0 Å². The van der Waals surface area contributed by atoms with Crippen LogP contribution in [-0.4, -0.2) is 59.8 Å². The van der Waals surface area contributed by atoms with Crippen LogP contribution in [0, 0.1) is 0 Å². The number of hydrogen-bond acceptors (Lipinski definition) is 6. The molecule has 10 heteroatoms. The van der Waals surface area contributed by atoms with E-state index in [1.54, 1.807) is 35.2 Å². The SMILES string of the molecule is CCOc1ccc2oc(C(=O)N[C@H](Cc3ccc(Cl)cc3)C(=O)N3CCC(c4ccccc4CN4CCCC4=O)CC3)cc(=O)c2c1. The molecule has 6 rings (SSSR count). The Morgan fingerprint density at radius 2 is 1.77 bits per heavy atom. The molecule has 2 fully saturated rings. The van der Waals surface area contributed by atoms with E-state index in [-0.39, 0.29) is 40.9 Å². The van der Waals surface area contributed by atoms with E-state index >= 15 is 0 Å². The van der Waals surface area contributed by atoms with Crippen molar-refractivity contribution in [1.29, 1.82) is 0 Å². The van der Waals surface area contributed by atoms with E-state index in [0.29, 0.717) is 48.8 Å². The average molecular weight is 656 g/mol. The average Bonchev–Trinajstić information content (AvgIpc) is 3.49. The Hall–Kier alpha value is -4.63. The molecule has 2 aliphatic rings. The maximum atomic E-state index is 14.0. The van der Waals surface area contributed by atoms with Crippen LogP contribution in [0.4, 0.5) is 0 Å². The van der Waals surface area contributed by atoms with E-state index in [2.05, 4.69) is 17.4 Å². The van der Waals surface area contributed by atoms with Gasteiger partial charge < -0.3 is 24.3 Å². The van der Waals surface area contributed by atoms with Crippen molar-refractivity contribution in [3.8, 4) is 5.75 Å². The lowest BCUT2D eigenvalue weighted by molar-refractivity contribution is -0.134. The van der Waals surface area contributed by atoms with Gasteiger partial charge in [-0.05, 0) is 79.1 Å². The zero-order valence-corrected chi connectivity index (χ0v) is 27.1. The highest BCUT2D eigenvalue weighted by Crippen LogP contribution is 2.32. The molecule has 0 radical (unpaired) electrons. The van der Waals surface area contributed by atoms with Crippen molar-refractivity contribution in [3.05, 3.63) is 110 Å². The van der Waals surface area contributed by atoms with Gasteiger partial charge in [-0.15, -0.1) is 0 Å². The van der Waals surface area contributed by atoms with Gasteiger partial charge in [0.1, 0.15) is 17.4 Å². The minimum atomic E-state index is -0.894. The molecule has 9 nitrogen and oxygen atoms in total. The molecule has 0 aliphatic carbocycles. The van der Waals surface area contributed by atoms with Crippen LogP contribution in [0.25, 0.3) is 11.0 Å². The number of nitrogens with zero attached hydrogens (tertiary/aromatic N) is 2. The van der Waals surface area contributed by atoms with E-state index < -0.39 is 11.9 Å². The minimum absolute atomic E-state index is 0.174. The third kappa shape index (κ3) is 7.52. The number of hydrogen-bond donors (Lipinski definition) is 1. The van der Waals surface area contributed by atoms with Gasteiger partial charge in [0.2, 0.25) is 11.8 Å². The first-order valence-electron chi connectivity index (χ1n) is 16.2. The Balaban J connectivity index is 1.18. The van der Waals surface area contributed by atoms with Crippen LogP contribution in [-0.2, 0) is 22.6 Å². The third-order valence-corrected chi connectivity index (χ3v) is 9.28. The Bertz CT molecular complexity index is 1830. The van der Waals surface area contributed by atoms with Crippen LogP contribution >= 0.6 is 11.6 Å². The Labute approximate surface area is 278 Å². The van der Waals surface area contributed by atoms with Crippen LogP contribution in [0.5, 0.6) is 5.75 Å². The maximum absolute atomic E-state index is 14.0. The topological polar surface area (TPSA) is 109 Å². The van der Waals surface area contributed by atoms with Gasteiger partial charge in [-0.1, -0.05) is 48.0 Å². The van der Waals surface area contributed by atoms with Gasteiger partial charge in [0.25, 0.3) is 5.91 Å². The molecular weight excluding hydrogens is 618 g/mol. The number of halogens is 1. The summed E-state index contributed by atoms with van der Waals surface area (Å²) < 4.78 is 11.3. The first-order chi connectivity index (χ1) is 22.8. The molecule has 3 amide bonds. The second-order valence-electron chi connectivity index (χ2n) is 12.1. The molecule has 3 heterocycles. The molecule has 0 unspecified atom stereocenters. The molecule has 0 spiro atoms. The summed E-state index contributed by atoms with van der Waals surface area (Å²) in [6.07, 6.45) is 3.28. The summed E-state index contributed by atoms with van der Waals surface area (Å²) in [5.74, 6) is -0.0304. The predicted molar refractivity (Wildman–Crippen MR) is 180 cm³/mol. The molecule has 1 aromatic heterocycles. The highest BCUT2D eigenvalue weighted by atomic mass is 35.5. The molecule has 0 bridgehead atoms. The largest absolute Gasteiger partial charge is 0.494 e. The molecular formula is C37H38ClN3O6. The summed E-state index contributed by atoms with van der Waals surface area (Å²) in [4.78, 5) is 56.5. The quantitative estimate of drug-likeness (QED) is 0.234. The normalized spacial score (nSPS) is 16.0. The molecule has 0 saturated carbocycles. The van der Waals surface area contributed by atoms with Crippen molar-refractivity contribution >= 4 is 40.3 Å². The van der Waals surface area contributed by atoms with Gasteiger partial charge in [-0.25, -0.2) is 0 Å². The lowest BCUT2D eigenvalue weighted by Crippen LogP contribution is -2.51. The number of ether oxygens (including phenoxy) is 1. The molecule has 2 saturated heterocycles. The van der Waals surface area contributed by atoms with Crippen molar-refractivity contribution < 1.29 is 23.5 Å². The molecule has 244 valence electrons. The van der Waals surface area contributed by atoms with Crippen LogP contribution in [0.3, 0.4) is 0 Å². The number of nitrogens with one attached hydrogen (secondary N) is 1. The summed E-state index contributed by atoms with van der Waals surface area (Å²) in [6, 6.07) is 20.5. The van der Waals surface area contributed by atoms with Crippen LogP contribution in [0.15, 0.2) is 82.0 Å². The number of piperidine rings is 1. The molecule has 4 aromatic rings. The lowest BCUT2D eigenvalue weighted by atomic mass is 9.86. The standard InChI is InChI=1S/C37H38ClN3O6/c1-2-46-28-13-14-33-30(21-28)32(42)22-34(47-33)36(44)39-31(20-24-9-11-27(38)12-10-24)37(45)40-18-15-25(16-19-40)29-7-4-3-6-26(29)23-41-17-5-8-35(41)43/h3-4,6-7,9-14,21-22,25,31H,2,5,8,15-20,23H2,1H3,(H,39,44)/t31-/m1/s1. The summed E-state index contributed by atoms with van der Waals surface area (Å²) in [6.45, 7) is 4.76. The number of amides is 3. The number of likely N-dealkylation sites (tertiary alicyclic amines) is 2. The fraction of sp³-hybridized carbons (Fsp3) is 0.351. The summed E-state index contributed by atoms with van der Waals surface area (Å²) in [7, 11) is 0. The van der Waals surface area contributed by atoms with Crippen molar-refractivity contribution in [2.24, 2.45) is 0 Å². The van der Waals surface area contributed by atoms with E-state index in [9.17, 15) is 19.2 Å². The van der Waals surface area contributed by atoms with Crippen molar-refractivity contribution in [1.82, 2.24) is 15.1 Å². The summed E-state index contributed by atoms with van der Waals surface area (Å²) >= 11 is 6.10. The van der Waals surface area contributed by atoms with E-state index in [1.165, 1.54) is 5.56 Å². The first-order valence-corrected chi connectivity index (χ1v) is 16.6. The third-order valence-electron chi connectivity index (χ3n) is 9.02. The zero-order valence-electron chi connectivity index (χ0n) is 26.4. The Morgan fingerprint density at radius 3 is 2.49 bits per heavy atom. The van der Waals surface area contributed by atoms with Gasteiger partial charge in [0.05, 0.1) is 12.0 Å². The van der Waals surface area contributed by atoms with Crippen LogP contribution in [0.2, 0.25) is 5.02 Å². The second-order valence-corrected chi connectivity index (χ2v) is 12.6. The van der Waals surface area contributed by atoms with Crippen molar-refractivity contribution in [3.63, 3.8) is 0 Å². The number of benzene rings is 3. The van der Waals surface area contributed by atoms with Crippen molar-refractivity contribution in [2.75, 3.05) is 26.2 Å². The monoisotopic (exact) mass is 655 g/mol. The number of rotatable bonds is 10. The van der Waals surface area contributed by atoms with E-state index in [0.717, 1.165) is 43.0 Å². The second kappa shape index (κ2) is 14.4. The van der Waals surface area contributed by atoms with Crippen LogP contribution in [0.1, 0.15) is 65.8 Å². The maximum Gasteiger partial charge on any atom is 0.287 e. The molecule has 1 N–H and O–H groups in total. The Kier molecular flexibility index (Phi) is 9.92. The highest BCUT2D eigenvalue weighted by molar-refractivity contribution is 6.30. The number of fused-ring (bicyclic) bond motifs is 1. The molecule has 1 atom stereocenters. The summed E-state index contributed by atoms with van der Waals surface area (Å²) in [5.41, 5.74) is 3.09. The predicted octanol–water partition coefficient (Wildman–Crippen LogP) is 5.71. The summed E-state index contributed by atoms with van der Waals surface area (Å²) in [5, 5.41) is 3.73. The van der Waals surface area contributed by atoms with E-state index in [1.807, 2.05) is 36.1 Å². The molecule has 3 aromatic carbocycles. The van der Waals surface area contributed by atoms with Gasteiger partial charge in [-0.3, -0.25) is 19.2 Å². The van der Waals surface area contributed by atoms with Gasteiger partial charge in [0, 0.05) is 50.1 Å². The van der Waals surface area contributed by atoms with E-state index in [4.69, 9.17) is 20.8 Å². The van der Waals surface area contributed by atoms with Crippen LogP contribution < -0.4 is 15.5 Å². The molecule has 2 aliphatic heterocycles. The zero-order chi connectivity index (χ0) is 32.9. The number of carbonyl (C=O) groups excluding carboxylic acids is 3. The fourth-order valence-electron chi connectivity index (χ4n) is 6.57. The number of carbonyl (C=O) groups is 3. The lowest BCUT2D eigenvalue weighted by Gasteiger charge is -2.35. The van der Waals surface area contributed by atoms with Gasteiger partial charge in [-0.2, -0.15) is 0 Å². The first kappa shape index (κ1) is 32.3. The van der Waals surface area contributed by atoms with Crippen molar-refractivity contribution in [2.45, 2.75) is 57.5 Å². The smallest absolute Gasteiger partial charge is 0.287 e. The van der Waals surface area contributed by atoms with Gasteiger partial charge in [0.15, 0.2) is 11.2 Å².